The van der Waals surface area contributed by atoms with Crippen molar-refractivity contribution in [3.05, 3.63) is 23.8 Å². The van der Waals surface area contributed by atoms with Gasteiger partial charge in [-0.15, -0.1) is 0 Å². The predicted octanol–water partition coefficient (Wildman–Crippen LogP) is 1.72. The molecule has 7 heteroatoms. The fourth-order valence-electron chi connectivity index (χ4n) is 2.39. The molecule has 1 aliphatic heterocycles. The molecule has 0 aliphatic carbocycles. The minimum Gasteiger partial charge on any atom is -0.496 e. The van der Waals surface area contributed by atoms with Crippen molar-refractivity contribution in [2.24, 2.45) is 5.73 Å². The highest BCUT2D eigenvalue weighted by Crippen LogP contribution is 2.37. The number of benzene rings is 1. The summed E-state index contributed by atoms with van der Waals surface area (Å²) in [6.07, 6.45) is 2.18. The molecule has 0 saturated carbocycles. The smallest absolute Gasteiger partial charge is 0.240 e. The molecule has 1 fully saturated rings. The summed E-state index contributed by atoms with van der Waals surface area (Å²) >= 11 is 1.83. The zero-order valence-corrected chi connectivity index (χ0v) is 14.0. The van der Waals surface area contributed by atoms with E-state index in [2.05, 4.69) is 11.6 Å². The summed E-state index contributed by atoms with van der Waals surface area (Å²) in [6, 6.07) is 4.76. The molecule has 3 N–H and O–H groups in total. The third kappa shape index (κ3) is 3.91. The van der Waals surface area contributed by atoms with Gasteiger partial charge in [-0.2, -0.15) is 11.8 Å². The maximum Gasteiger partial charge on any atom is 0.240 e. The number of sulfonamides is 1. The Morgan fingerprint density at radius 3 is 2.81 bits per heavy atom. The first-order chi connectivity index (χ1) is 9.90. The molecule has 0 bridgehead atoms. The average Bonchev–Trinajstić information content (AvgIpc) is 2.92. The summed E-state index contributed by atoms with van der Waals surface area (Å²) in [5.41, 5.74) is 6.32. The quantitative estimate of drug-likeness (QED) is 0.830. The van der Waals surface area contributed by atoms with Crippen molar-refractivity contribution in [3.63, 3.8) is 0 Å². The number of methoxy groups -OCH3 is 1. The van der Waals surface area contributed by atoms with Crippen LogP contribution in [0.25, 0.3) is 0 Å². The molecule has 5 nitrogen and oxygen atoms in total. The summed E-state index contributed by atoms with van der Waals surface area (Å²) in [5.74, 6) is 1.70. The van der Waals surface area contributed by atoms with E-state index in [4.69, 9.17) is 10.5 Å². The third-order valence-corrected chi connectivity index (χ3v) is 6.66. The Hall–Kier alpha value is -0.760. The molecule has 0 amide bonds. The number of rotatable bonds is 6. The Bertz CT molecular complexity index is 596. The molecule has 1 atom stereocenters. The molecule has 1 aliphatic rings. The standard InChI is InChI=1S/C14H22N2O3S2/c1-14(6-3-7-20-14)10-16-21(17,18)12-4-5-13(19-2)11(8-12)9-15/h4-5,8,16H,3,6-7,9-10,15H2,1-2H3. The van der Waals surface area contributed by atoms with Crippen molar-refractivity contribution in [3.8, 4) is 5.75 Å². The lowest BCUT2D eigenvalue weighted by molar-refractivity contribution is 0.409. The molecule has 21 heavy (non-hydrogen) atoms. The molecule has 0 radical (unpaired) electrons. The second-order valence-electron chi connectivity index (χ2n) is 5.40. The summed E-state index contributed by atoms with van der Waals surface area (Å²) < 4.78 is 32.7. The van der Waals surface area contributed by atoms with Crippen LogP contribution >= 0.6 is 11.8 Å². The SMILES string of the molecule is COc1ccc(S(=O)(=O)NCC2(C)CCCS2)cc1CN. The van der Waals surface area contributed by atoms with Crippen LogP contribution in [0.3, 0.4) is 0 Å². The summed E-state index contributed by atoms with van der Waals surface area (Å²) in [6.45, 7) is 2.79. The summed E-state index contributed by atoms with van der Waals surface area (Å²) in [4.78, 5) is 0.232. The van der Waals surface area contributed by atoms with Crippen LogP contribution in [0.4, 0.5) is 0 Å². The lowest BCUT2D eigenvalue weighted by Gasteiger charge is -2.23. The van der Waals surface area contributed by atoms with E-state index in [0.29, 0.717) is 17.9 Å². The lowest BCUT2D eigenvalue weighted by Crippen LogP contribution is -2.36. The highest BCUT2D eigenvalue weighted by Gasteiger charge is 2.31. The van der Waals surface area contributed by atoms with Crippen LogP contribution < -0.4 is 15.2 Å². The van der Waals surface area contributed by atoms with E-state index in [1.54, 1.807) is 25.3 Å². The van der Waals surface area contributed by atoms with Crippen LogP contribution in [0.1, 0.15) is 25.3 Å². The zero-order chi connectivity index (χ0) is 15.5. The van der Waals surface area contributed by atoms with Crippen molar-refractivity contribution < 1.29 is 13.2 Å². The largest absolute Gasteiger partial charge is 0.496 e. The number of nitrogens with two attached hydrogens (primary N) is 1. The van der Waals surface area contributed by atoms with Crippen molar-refractivity contribution in [2.75, 3.05) is 19.4 Å². The fraction of sp³-hybridized carbons (Fsp3) is 0.571. The Labute approximate surface area is 130 Å². The maximum absolute atomic E-state index is 12.4. The number of thioether (sulfide) groups is 1. The molecule has 0 aromatic heterocycles. The van der Waals surface area contributed by atoms with Crippen LogP contribution in [0.15, 0.2) is 23.1 Å². The van der Waals surface area contributed by atoms with Crippen LogP contribution in [-0.4, -0.2) is 32.6 Å². The van der Waals surface area contributed by atoms with Gasteiger partial charge in [-0.25, -0.2) is 13.1 Å². The Kier molecular flexibility index (Phi) is 5.19. The minimum absolute atomic E-state index is 0.00373. The van der Waals surface area contributed by atoms with Gasteiger partial charge in [-0.3, -0.25) is 0 Å². The van der Waals surface area contributed by atoms with Crippen LogP contribution in [0, 0.1) is 0 Å². The van der Waals surface area contributed by atoms with Gasteiger partial charge in [0, 0.05) is 23.4 Å². The molecule has 1 aromatic rings. The van der Waals surface area contributed by atoms with Gasteiger partial charge in [0.2, 0.25) is 10.0 Å². The van der Waals surface area contributed by atoms with Gasteiger partial charge in [0.1, 0.15) is 5.75 Å². The predicted molar refractivity (Wildman–Crippen MR) is 86.2 cm³/mol. The first kappa shape index (κ1) is 16.6. The van der Waals surface area contributed by atoms with E-state index in [9.17, 15) is 8.42 Å². The van der Waals surface area contributed by atoms with Gasteiger partial charge in [0.15, 0.2) is 0 Å². The van der Waals surface area contributed by atoms with Crippen molar-refractivity contribution >= 4 is 21.8 Å². The second-order valence-corrected chi connectivity index (χ2v) is 8.85. The van der Waals surface area contributed by atoms with Gasteiger partial charge >= 0.3 is 0 Å². The summed E-state index contributed by atoms with van der Waals surface area (Å²) in [7, 11) is -1.98. The van der Waals surface area contributed by atoms with Gasteiger partial charge < -0.3 is 10.5 Å². The Morgan fingerprint density at radius 1 is 1.48 bits per heavy atom. The third-order valence-electron chi connectivity index (χ3n) is 3.72. The molecule has 1 aromatic carbocycles. The molecule has 1 heterocycles. The van der Waals surface area contributed by atoms with E-state index in [1.165, 1.54) is 0 Å². The monoisotopic (exact) mass is 330 g/mol. The van der Waals surface area contributed by atoms with E-state index in [0.717, 1.165) is 18.6 Å². The van der Waals surface area contributed by atoms with Crippen LogP contribution in [0.5, 0.6) is 5.75 Å². The molecule has 0 spiro atoms. The van der Waals surface area contributed by atoms with E-state index in [1.807, 2.05) is 11.8 Å². The Morgan fingerprint density at radius 2 is 2.24 bits per heavy atom. The molecular formula is C14H22N2O3S2. The van der Waals surface area contributed by atoms with Gasteiger partial charge in [-0.05, 0) is 43.7 Å². The molecule has 1 unspecified atom stereocenters. The van der Waals surface area contributed by atoms with Crippen molar-refractivity contribution in [1.82, 2.24) is 4.72 Å². The van der Waals surface area contributed by atoms with E-state index in [-0.39, 0.29) is 16.2 Å². The highest BCUT2D eigenvalue weighted by atomic mass is 32.2. The fourth-order valence-corrected chi connectivity index (χ4v) is 4.94. The molecule has 1 saturated heterocycles. The first-order valence-corrected chi connectivity index (χ1v) is 9.38. The zero-order valence-electron chi connectivity index (χ0n) is 12.4. The second kappa shape index (κ2) is 6.56. The normalized spacial score (nSPS) is 22.4. The van der Waals surface area contributed by atoms with Gasteiger partial charge in [-0.1, -0.05) is 0 Å². The van der Waals surface area contributed by atoms with Crippen molar-refractivity contribution in [2.45, 2.75) is 36.0 Å². The topological polar surface area (TPSA) is 81.4 Å². The first-order valence-electron chi connectivity index (χ1n) is 6.91. The minimum atomic E-state index is -3.52. The average molecular weight is 330 g/mol. The molecular weight excluding hydrogens is 308 g/mol. The number of nitrogens with one attached hydrogen (secondary N) is 1. The van der Waals surface area contributed by atoms with Gasteiger partial charge in [0.25, 0.3) is 0 Å². The lowest BCUT2D eigenvalue weighted by atomic mass is 10.1. The number of hydrogen-bond donors (Lipinski definition) is 2. The molecule has 2 rings (SSSR count). The highest BCUT2D eigenvalue weighted by molar-refractivity contribution is 8.01. The van der Waals surface area contributed by atoms with Crippen LogP contribution in [-0.2, 0) is 16.6 Å². The Balaban J connectivity index is 2.15. The van der Waals surface area contributed by atoms with E-state index < -0.39 is 10.0 Å². The molecule has 118 valence electrons. The van der Waals surface area contributed by atoms with Crippen molar-refractivity contribution in [1.29, 1.82) is 0 Å². The van der Waals surface area contributed by atoms with Crippen LogP contribution in [0.2, 0.25) is 0 Å². The van der Waals surface area contributed by atoms with Gasteiger partial charge in [0.05, 0.1) is 12.0 Å². The maximum atomic E-state index is 12.4. The summed E-state index contributed by atoms with van der Waals surface area (Å²) in [5, 5.41) is 0. The number of ether oxygens (including phenoxy) is 1. The van der Waals surface area contributed by atoms with E-state index >= 15 is 0 Å². The number of hydrogen-bond acceptors (Lipinski definition) is 5.